The summed E-state index contributed by atoms with van der Waals surface area (Å²) in [4.78, 5) is 22.7. The van der Waals surface area contributed by atoms with Crippen molar-refractivity contribution >= 4 is 27.1 Å². The van der Waals surface area contributed by atoms with Gasteiger partial charge in [-0.3, -0.25) is 14.9 Å². The Morgan fingerprint density at radius 1 is 1.36 bits per heavy atom. The maximum atomic E-state index is 12.5. The number of carbonyl (C=O) groups excluding carboxylic acids is 1. The second-order valence-electron chi connectivity index (χ2n) is 5.28. The van der Waals surface area contributed by atoms with E-state index in [2.05, 4.69) is 10.6 Å². The number of anilines is 1. The van der Waals surface area contributed by atoms with E-state index in [-0.39, 0.29) is 24.2 Å². The summed E-state index contributed by atoms with van der Waals surface area (Å²) in [5, 5.41) is 16.3. The van der Waals surface area contributed by atoms with Crippen LogP contribution in [0.1, 0.15) is 12.8 Å². The first-order chi connectivity index (χ1) is 10.3. The molecule has 0 radical (unpaired) electrons. The highest BCUT2D eigenvalue weighted by atomic mass is 32.2. The molecule has 9 heteroatoms. The summed E-state index contributed by atoms with van der Waals surface area (Å²) in [7, 11) is -3.62. The van der Waals surface area contributed by atoms with Crippen molar-refractivity contribution < 1.29 is 18.1 Å². The molecule has 1 aromatic carbocycles. The summed E-state index contributed by atoms with van der Waals surface area (Å²) in [6, 6.07) is 5.42. The summed E-state index contributed by atoms with van der Waals surface area (Å²) >= 11 is 0. The predicted octanol–water partition coefficient (Wildman–Crippen LogP) is 0.700. The number of amides is 1. The van der Waals surface area contributed by atoms with Crippen molar-refractivity contribution in [2.24, 2.45) is 0 Å². The quantitative estimate of drug-likeness (QED) is 0.621. The summed E-state index contributed by atoms with van der Waals surface area (Å²) in [5.41, 5.74) is 0.0391. The number of benzene rings is 1. The van der Waals surface area contributed by atoms with Crippen LogP contribution in [0.25, 0.3) is 0 Å². The van der Waals surface area contributed by atoms with Crippen LogP contribution in [0.2, 0.25) is 0 Å². The lowest BCUT2D eigenvalue weighted by Gasteiger charge is -2.34. The molecule has 0 aromatic heterocycles. The van der Waals surface area contributed by atoms with E-state index in [9.17, 15) is 23.3 Å². The number of hydrogen-bond acceptors (Lipinski definition) is 6. The number of sulfone groups is 1. The first-order valence-corrected chi connectivity index (χ1v) is 8.62. The van der Waals surface area contributed by atoms with Gasteiger partial charge in [0.15, 0.2) is 14.6 Å². The van der Waals surface area contributed by atoms with E-state index in [1.807, 2.05) is 0 Å². The van der Waals surface area contributed by atoms with Crippen molar-refractivity contribution in [3.05, 3.63) is 34.4 Å². The van der Waals surface area contributed by atoms with Gasteiger partial charge >= 0.3 is 0 Å². The summed E-state index contributed by atoms with van der Waals surface area (Å²) < 4.78 is 22.7. The van der Waals surface area contributed by atoms with Gasteiger partial charge in [-0.15, -0.1) is 0 Å². The number of non-ortho nitro benzene ring substituents is 1. The van der Waals surface area contributed by atoms with Gasteiger partial charge in [-0.05, 0) is 32.0 Å². The van der Waals surface area contributed by atoms with Crippen LogP contribution >= 0.6 is 0 Å². The summed E-state index contributed by atoms with van der Waals surface area (Å²) in [5.74, 6) is -0.642. The Morgan fingerprint density at radius 2 is 2.00 bits per heavy atom. The molecule has 0 aliphatic carbocycles. The fraction of sp³-hybridized carbons (Fsp3) is 0.462. The van der Waals surface area contributed by atoms with Crippen molar-refractivity contribution in [1.29, 1.82) is 0 Å². The zero-order valence-electron chi connectivity index (χ0n) is 12.0. The fourth-order valence-electron chi connectivity index (χ4n) is 2.54. The fourth-order valence-corrected chi connectivity index (χ4v) is 3.87. The van der Waals surface area contributed by atoms with Gasteiger partial charge in [0.05, 0.1) is 4.92 Å². The lowest BCUT2D eigenvalue weighted by molar-refractivity contribution is -0.384. The van der Waals surface area contributed by atoms with E-state index < -0.39 is 25.4 Å². The van der Waals surface area contributed by atoms with E-state index in [1.54, 1.807) is 0 Å². The average Bonchev–Trinajstić information content (AvgIpc) is 2.47. The SMILES string of the molecule is CS(=O)(=O)C1(C(=O)Nc2cccc([N+](=O)[O-])c2)CCNCC1. The largest absolute Gasteiger partial charge is 0.324 e. The number of nitrogens with zero attached hydrogens (tertiary/aromatic N) is 1. The van der Waals surface area contributed by atoms with Gasteiger partial charge in [0, 0.05) is 24.1 Å². The van der Waals surface area contributed by atoms with Crippen LogP contribution in [0.5, 0.6) is 0 Å². The van der Waals surface area contributed by atoms with Crippen molar-refractivity contribution in [3.8, 4) is 0 Å². The molecule has 0 spiro atoms. The first-order valence-electron chi connectivity index (χ1n) is 6.72. The Kier molecular flexibility index (Phi) is 4.47. The molecule has 1 aliphatic heterocycles. The molecule has 0 bridgehead atoms. The second kappa shape index (κ2) is 6.01. The zero-order chi connectivity index (χ0) is 16.4. The maximum Gasteiger partial charge on any atom is 0.271 e. The molecule has 22 heavy (non-hydrogen) atoms. The van der Waals surface area contributed by atoms with E-state index in [4.69, 9.17) is 0 Å². The number of piperidine rings is 1. The highest BCUT2D eigenvalue weighted by molar-refractivity contribution is 7.92. The molecule has 1 heterocycles. The summed E-state index contributed by atoms with van der Waals surface area (Å²) in [6.45, 7) is 0.852. The third-order valence-electron chi connectivity index (χ3n) is 3.85. The minimum atomic E-state index is -3.62. The lowest BCUT2D eigenvalue weighted by Crippen LogP contribution is -2.55. The highest BCUT2D eigenvalue weighted by Crippen LogP contribution is 2.30. The normalized spacial score (nSPS) is 17.7. The van der Waals surface area contributed by atoms with Crippen LogP contribution in [0.15, 0.2) is 24.3 Å². The Balaban J connectivity index is 2.29. The molecule has 2 N–H and O–H groups in total. The predicted molar refractivity (Wildman–Crippen MR) is 81.4 cm³/mol. The van der Waals surface area contributed by atoms with Crippen LogP contribution in [0.4, 0.5) is 11.4 Å². The minimum Gasteiger partial charge on any atom is -0.324 e. The van der Waals surface area contributed by atoms with Crippen LogP contribution < -0.4 is 10.6 Å². The molecule has 1 amide bonds. The molecule has 0 atom stereocenters. The van der Waals surface area contributed by atoms with Crippen LogP contribution in [0.3, 0.4) is 0 Å². The number of nitrogens with one attached hydrogen (secondary N) is 2. The lowest BCUT2D eigenvalue weighted by atomic mass is 9.95. The Bertz CT molecular complexity index is 695. The van der Waals surface area contributed by atoms with Gasteiger partial charge < -0.3 is 10.6 Å². The Morgan fingerprint density at radius 3 is 2.55 bits per heavy atom. The molecule has 0 saturated carbocycles. The van der Waals surface area contributed by atoms with Gasteiger partial charge in [0.25, 0.3) is 5.69 Å². The molecule has 120 valence electrons. The van der Waals surface area contributed by atoms with E-state index >= 15 is 0 Å². The molecule has 0 unspecified atom stereocenters. The monoisotopic (exact) mass is 327 g/mol. The minimum absolute atomic E-state index is 0.170. The van der Waals surface area contributed by atoms with E-state index in [0.717, 1.165) is 6.26 Å². The molecule has 2 rings (SSSR count). The van der Waals surface area contributed by atoms with Gasteiger partial charge in [0.2, 0.25) is 5.91 Å². The number of hydrogen-bond donors (Lipinski definition) is 2. The van der Waals surface area contributed by atoms with Crippen LogP contribution in [-0.4, -0.2) is 43.3 Å². The number of rotatable bonds is 4. The third kappa shape index (κ3) is 3.09. The first kappa shape index (κ1) is 16.4. The third-order valence-corrected chi connectivity index (χ3v) is 5.86. The van der Waals surface area contributed by atoms with Gasteiger partial charge in [-0.2, -0.15) is 0 Å². The van der Waals surface area contributed by atoms with Gasteiger partial charge in [-0.25, -0.2) is 8.42 Å². The van der Waals surface area contributed by atoms with Gasteiger partial charge in [0.1, 0.15) is 0 Å². The smallest absolute Gasteiger partial charge is 0.271 e. The molecule has 1 aromatic rings. The van der Waals surface area contributed by atoms with Gasteiger partial charge in [-0.1, -0.05) is 6.07 Å². The Labute approximate surface area is 128 Å². The van der Waals surface area contributed by atoms with Crippen molar-refractivity contribution in [3.63, 3.8) is 0 Å². The number of carbonyl (C=O) groups is 1. The van der Waals surface area contributed by atoms with Crippen LogP contribution in [-0.2, 0) is 14.6 Å². The average molecular weight is 327 g/mol. The molecule has 1 fully saturated rings. The molecular weight excluding hydrogens is 310 g/mol. The highest BCUT2D eigenvalue weighted by Gasteiger charge is 2.48. The Hall–Kier alpha value is -2.00. The van der Waals surface area contributed by atoms with E-state index in [1.165, 1.54) is 24.3 Å². The molecule has 1 saturated heterocycles. The standard InChI is InChI=1S/C13H17N3O5S/c1-22(20,21)13(5-7-14-8-6-13)12(17)15-10-3-2-4-11(9-10)16(18)19/h2-4,9,14H,5-8H2,1H3,(H,15,17). The molecule has 8 nitrogen and oxygen atoms in total. The molecular formula is C13H17N3O5S. The van der Waals surface area contributed by atoms with Crippen molar-refractivity contribution in [2.75, 3.05) is 24.7 Å². The zero-order valence-corrected chi connectivity index (χ0v) is 12.9. The maximum absolute atomic E-state index is 12.5. The summed E-state index contributed by atoms with van der Waals surface area (Å²) in [6.07, 6.45) is 1.39. The topological polar surface area (TPSA) is 118 Å². The van der Waals surface area contributed by atoms with Crippen molar-refractivity contribution in [2.45, 2.75) is 17.6 Å². The second-order valence-corrected chi connectivity index (χ2v) is 7.60. The van der Waals surface area contributed by atoms with Crippen LogP contribution in [0, 0.1) is 10.1 Å². The number of nitro groups is 1. The van der Waals surface area contributed by atoms with E-state index in [0.29, 0.717) is 13.1 Å². The molecule has 1 aliphatic rings. The number of nitro benzene ring substituents is 1. The van der Waals surface area contributed by atoms with Crippen molar-refractivity contribution in [1.82, 2.24) is 5.32 Å².